The molecule has 0 radical (unpaired) electrons. The molecule has 0 aliphatic carbocycles. The van der Waals surface area contributed by atoms with Crippen molar-refractivity contribution in [3.05, 3.63) is 24.5 Å². The molecule has 0 spiro atoms. The van der Waals surface area contributed by atoms with Gasteiger partial charge in [-0.05, 0) is 31.9 Å². The number of hydrogen-bond acceptors (Lipinski definition) is 3. The van der Waals surface area contributed by atoms with Crippen LogP contribution in [-0.2, 0) is 16.1 Å². The van der Waals surface area contributed by atoms with E-state index >= 15 is 0 Å². The molecule has 130 valence electrons. The van der Waals surface area contributed by atoms with Gasteiger partial charge in [-0.1, -0.05) is 12.8 Å². The first kappa shape index (κ1) is 19.1. The Labute approximate surface area is 139 Å². The molecule has 6 nitrogen and oxygen atoms in total. The van der Waals surface area contributed by atoms with E-state index in [0.717, 1.165) is 51.3 Å². The fourth-order valence-corrected chi connectivity index (χ4v) is 2.23. The Morgan fingerprint density at radius 2 is 1.78 bits per heavy atom. The first-order chi connectivity index (χ1) is 11.3. The van der Waals surface area contributed by atoms with Crippen molar-refractivity contribution in [2.24, 2.45) is 4.99 Å². The maximum absolute atomic E-state index is 11.2. The minimum atomic E-state index is -0.0853. The largest absolute Gasteiger partial charge is 0.466 e. The van der Waals surface area contributed by atoms with Crippen LogP contribution in [0.1, 0.15) is 39.0 Å². The van der Waals surface area contributed by atoms with Crippen LogP contribution in [0, 0.1) is 0 Å². The first-order valence-corrected chi connectivity index (χ1v) is 8.47. The number of aliphatic imine (C=N–C) groups is 1. The van der Waals surface area contributed by atoms with Crippen molar-refractivity contribution in [2.75, 3.05) is 26.7 Å². The first-order valence-electron chi connectivity index (χ1n) is 8.47. The summed E-state index contributed by atoms with van der Waals surface area (Å²) in [6, 6.07) is 4.05. The highest BCUT2D eigenvalue weighted by atomic mass is 16.5. The van der Waals surface area contributed by atoms with Crippen molar-refractivity contribution in [3.63, 3.8) is 0 Å². The van der Waals surface area contributed by atoms with Crippen LogP contribution in [-0.4, -0.2) is 43.2 Å². The van der Waals surface area contributed by atoms with Gasteiger partial charge in [0.25, 0.3) is 0 Å². The van der Waals surface area contributed by atoms with E-state index in [0.29, 0.717) is 13.0 Å². The lowest BCUT2D eigenvalue weighted by molar-refractivity contribution is -0.143. The summed E-state index contributed by atoms with van der Waals surface area (Å²) in [6.45, 7) is 4.96. The number of unbranched alkanes of at least 4 members (excludes halogenated alkanes) is 3. The van der Waals surface area contributed by atoms with E-state index < -0.39 is 0 Å². The third-order valence-electron chi connectivity index (χ3n) is 3.46. The van der Waals surface area contributed by atoms with Crippen LogP contribution in [0.5, 0.6) is 0 Å². The van der Waals surface area contributed by atoms with E-state index in [4.69, 9.17) is 4.74 Å². The number of guanidine groups is 1. The van der Waals surface area contributed by atoms with E-state index in [1.54, 1.807) is 7.05 Å². The average Bonchev–Trinajstić information content (AvgIpc) is 3.05. The monoisotopic (exact) mass is 322 g/mol. The summed E-state index contributed by atoms with van der Waals surface area (Å²) in [7, 11) is 1.78. The van der Waals surface area contributed by atoms with E-state index in [1.807, 2.05) is 31.5 Å². The molecular weight excluding hydrogens is 292 g/mol. The molecule has 0 saturated carbocycles. The molecule has 0 saturated heterocycles. The topological polar surface area (TPSA) is 67.7 Å². The van der Waals surface area contributed by atoms with Gasteiger partial charge in [-0.2, -0.15) is 0 Å². The highest BCUT2D eigenvalue weighted by Crippen LogP contribution is 2.03. The number of ether oxygens (including phenoxy) is 1. The van der Waals surface area contributed by atoms with Crippen molar-refractivity contribution in [3.8, 4) is 0 Å². The van der Waals surface area contributed by atoms with Gasteiger partial charge in [0, 0.05) is 45.5 Å². The third kappa shape index (κ3) is 9.60. The van der Waals surface area contributed by atoms with Gasteiger partial charge in [0.05, 0.1) is 6.61 Å². The van der Waals surface area contributed by atoms with Crippen LogP contribution < -0.4 is 10.6 Å². The lowest BCUT2D eigenvalue weighted by Crippen LogP contribution is -2.39. The lowest BCUT2D eigenvalue weighted by Gasteiger charge is -2.12. The smallest absolute Gasteiger partial charge is 0.305 e. The highest BCUT2D eigenvalue weighted by Gasteiger charge is 2.01. The second-order valence-corrected chi connectivity index (χ2v) is 5.32. The van der Waals surface area contributed by atoms with Gasteiger partial charge in [-0.15, -0.1) is 0 Å². The predicted molar refractivity (Wildman–Crippen MR) is 93.5 cm³/mol. The molecular formula is C17H30N4O2. The zero-order valence-electron chi connectivity index (χ0n) is 14.4. The maximum atomic E-state index is 11.2. The van der Waals surface area contributed by atoms with Gasteiger partial charge in [-0.25, -0.2) is 0 Å². The second-order valence-electron chi connectivity index (χ2n) is 5.32. The van der Waals surface area contributed by atoms with Crippen LogP contribution in [0.15, 0.2) is 29.5 Å². The quantitative estimate of drug-likeness (QED) is 0.284. The van der Waals surface area contributed by atoms with E-state index in [1.165, 1.54) is 0 Å². The van der Waals surface area contributed by atoms with Crippen molar-refractivity contribution < 1.29 is 9.53 Å². The summed E-state index contributed by atoms with van der Waals surface area (Å²) in [5, 5.41) is 6.60. The third-order valence-corrected chi connectivity index (χ3v) is 3.46. The van der Waals surface area contributed by atoms with Gasteiger partial charge < -0.3 is 19.9 Å². The molecule has 2 N–H and O–H groups in total. The zero-order chi connectivity index (χ0) is 16.8. The molecule has 6 heteroatoms. The molecule has 1 rings (SSSR count). The summed E-state index contributed by atoms with van der Waals surface area (Å²) in [6.07, 6.45) is 8.77. The van der Waals surface area contributed by atoms with Crippen molar-refractivity contribution >= 4 is 11.9 Å². The number of carbonyl (C=O) groups excluding carboxylic acids is 1. The Hall–Kier alpha value is -1.98. The highest BCUT2D eigenvalue weighted by molar-refractivity contribution is 5.79. The van der Waals surface area contributed by atoms with Crippen molar-refractivity contribution in [1.82, 2.24) is 15.2 Å². The standard InChI is InChI=1S/C17H30N4O2/c1-3-23-16(22)10-6-4-5-7-11-19-17(18-2)20-12-15-21-13-8-9-14-21/h8-9,13-14H,3-7,10-12,15H2,1-2H3,(H2,18,19,20). The maximum Gasteiger partial charge on any atom is 0.305 e. The molecule has 0 aromatic carbocycles. The van der Waals surface area contributed by atoms with Gasteiger partial charge in [0.2, 0.25) is 0 Å². The fourth-order valence-electron chi connectivity index (χ4n) is 2.23. The normalized spacial score (nSPS) is 11.3. The van der Waals surface area contributed by atoms with Crippen LogP contribution in [0.4, 0.5) is 0 Å². The van der Waals surface area contributed by atoms with E-state index in [9.17, 15) is 4.79 Å². The zero-order valence-corrected chi connectivity index (χ0v) is 14.4. The summed E-state index contributed by atoms with van der Waals surface area (Å²) in [5.41, 5.74) is 0. The fraction of sp³-hybridized carbons (Fsp3) is 0.647. The number of nitrogens with one attached hydrogen (secondary N) is 2. The predicted octanol–water partition coefficient (Wildman–Crippen LogP) is 2.17. The lowest BCUT2D eigenvalue weighted by atomic mass is 10.1. The number of rotatable bonds is 11. The number of nitrogens with zero attached hydrogens (tertiary/aromatic N) is 2. The number of carbonyl (C=O) groups is 1. The van der Waals surface area contributed by atoms with Crippen molar-refractivity contribution in [2.45, 2.75) is 45.6 Å². The Kier molecular flexibility index (Phi) is 10.4. The summed E-state index contributed by atoms with van der Waals surface area (Å²) < 4.78 is 7.03. The minimum absolute atomic E-state index is 0.0853. The number of hydrogen-bond donors (Lipinski definition) is 2. The Morgan fingerprint density at radius 3 is 2.48 bits per heavy atom. The average molecular weight is 322 g/mol. The van der Waals surface area contributed by atoms with Gasteiger partial charge in [0.1, 0.15) is 0 Å². The van der Waals surface area contributed by atoms with Crippen LogP contribution in [0.25, 0.3) is 0 Å². The van der Waals surface area contributed by atoms with Gasteiger partial charge in [-0.3, -0.25) is 9.79 Å². The Bertz CT molecular complexity index is 443. The molecule has 1 aromatic heterocycles. The molecule has 23 heavy (non-hydrogen) atoms. The van der Waals surface area contributed by atoms with E-state index in [2.05, 4.69) is 20.2 Å². The molecule has 0 fully saturated rings. The van der Waals surface area contributed by atoms with Crippen molar-refractivity contribution in [1.29, 1.82) is 0 Å². The minimum Gasteiger partial charge on any atom is -0.466 e. The van der Waals surface area contributed by atoms with Crippen LogP contribution in [0.3, 0.4) is 0 Å². The summed E-state index contributed by atoms with van der Waals surface area (Å²) in [5.74, 6) is 0.751. The van der Waals surface area contributed by atoms with Crippen LogP contribution in [0.2, 0.25) is 0 Å². The number of aromatic nitrogens is 1. The Morgan fingerprint density at radius 1 is 1.09 bits per heavy atom. The summed E-state index contributed by atoms with van der Waals surface area (Å²) in [4.78, 5) is 15.4. The molecule has 0 unspecified atom stereocenters. The number of esters is 1. The van der Waals surface area contributed by atoms with Crippen LogP contribution >= 0.6 is 0 Å². The molecule has 1 heterocycles. The van der Waals surface area contributed by atoms with Gasteiger partial charge in [0.15, 0.2) is 5.96 Å². The molecule has 1 aromatic rings. The van der Waals surface area contributed by atoms with E-state index in [-0.39, 0.29) is 5.97 Å². The molecule has 0 atom stereocenters. The molecule has 0 amide bonds. The molecule has 0 bridgehead atoms. The SMILES string of the molecule is CCOC(=O)CCCCCCNC(=NC)NCCn1cccc1. The molecule has 0 aliphatic rings. The Balaban J connectivity index is 1.97. The van der Waals surface area contributed by atoms with Gasteiger partial charge >= 0.3 is 5.97 Å². The summed E-state index contributed by atoms with van der Waals surface area (Å²) >= 11 is 0. The second kappa shape index (κ2) is 12.6. The molecule has 0 aliphatic heterocycles.